The standard InChI is InChI=1S/C29H37N3O3/c1-9-11-24(31-25-16-23(29(5,6)7)14-20(4)27(25)34-8)21-13-12-19(3)26(15-21)32-18-22(17-30-32)28(33)35-10-2/h11-18,31H,9-10H2,1-8H3/b24-11-. The Morgan fingerprint density at radius 2 is 1.83 bits per heavy atom. The number of nitrogens with one attached hydrogen (secondary N) is 1. The highest BCUT2D eigenvalue weighted by Gasteiger charge is 2.19. The van der Waals surface area contributed by atoms with Crippen molar-refractivity contribution in [2.24, 2.45) is 0 Å². The average Bonchev–Trinajstić information content (AvgIpc) is 3.29. The lowest BCUT2D eigenvalue weighted by molar-refractivity contribution is 0.0526. The van der Waals surface area contributed by atoms with Crippen LogP contribution < -0.4 is 10.1 Å². The van der Waals surface area contributed by atoms with E-state index < -0.39 is 0 Å². The smallest absolute Gasteiger partial charge is 0.341 e. The van der Waals surface area contributed by atoms with E-state index >= 15 is 0 Å². The fraction of sp³-hybridized carbons (Fsp3) is 0.379. The van der Waals surface area contributed by atoms with Crippen molar-refractivity contribution in [2.45, 2.75) is 60.3 Å². The number of allylic oxidation sites excluding steroid dienone is 1. The van der Waals surface area contributed by atoms with Crippen LogP contribution in [0.2, 0.25) is 0 Å². The van der Waals surface area contributed by atoms with Crippen LogP contribution in [0.3, 0.4) is 0 Å². The fourth-order valence-corrected chi connectivity index (χ4v) is 3.96. The molecule has 6 nitrogen and oxygen atoms in total. The summed E-state index contributed by atoms with van der Waals surface area (Å²) in [7, 11) is 1.70. The molecule has 0 amide bonds. The molecule has 0 unspecified atom stereocenters. The summed E-state index contributed by atoms with van der Waals surface area (Å²) in [6, 6.07) is 10.6. The van der Waals surface area contributed by atoms with Crippen molar-refractivity contribution in [3.8, 4) is 11.4 Å². The molecule has 0 aliphatic rings. The van der Waals surface area contributed by atoms with Crippen molar-refractivity contribution < 1.29 is 14.3 Å². The topological polar surface area (TPSA) is 65.4 Å². The van der Waals surface area contributed by atoms with Crippen molar-refractivity contribution in [3.63, 3.8) is 0 Å². The van der Waals surface area contributed by atoms with Gasteiger partial charge in [-0.1, -0.05) is 52.0 Å². The number of methoxy groups -OCH3 is 1. The SMILES string of the molecule is CC/C=C(\Nc1cc(C(C)(C)C)cc(C)c1OC)c1ccc(C)c(-n2cc(C(=O)OCC)cn2)c1. The van der Waals surface area contributed by atoms with Crippen molar-refractivity contribution >= 4 is 17.4 Å². The molecule has 3 aromatic rings. The zero-order chi connectivity index (χ0) is 25.8. The molecule has 2 aromatic carbocycles. The molecule has 0 aliphatic heterocycles. The highest BCUT2D eigenvalue weighted by molar-refractivity contribution is 5.89. The van der Waals surface area contributed by atoms with Gasteiger partial charge in [0.1, 0.15) is 5.75 Å². The lowest BCUT2D eigenvalue weighted by atomic mass is 9.85. The number of esters is 1. The molecule has 0 saturated heterocycles. The maximum atomic E-state index is 12.1. The zero-order valence-electron chi connectivity index (χ0n) is 22.2. The van der Waals surface area contributed by atoms with E-state index in [0.29, 0.717) is 12.2 Å². The predicted molar refractivity (Wildman–Crippen MR) is 143 cm³/mol. The number of carbonyl (C=O) groups excluding carboxylic acids is 1. The normalized spacial score (nSPS) is 11.9. The summed E-state index contributed by atoms with van der Waals surface area (Å²) < 4.78 is 12.6. The van der Waals surface area contributed by atoms with Gasteiger partial charge in [-0.15, -0.1) is 0 Å². The molecule has 3 rings (SSSR count). The second kappa shape index (κ2) is 10.8. The van der Waals surface area contributed by atoms with Gasteiger partial charge in [-0.3, -0.25) is 0 Å². The Labute approximate surface area is 209 Å². The van der Waals surface area contributed by atoms with Gasteiger partial charge in [-0.2, -0.15) is 5.10 Å². The molecule has 0 atom stereocenters. The molecular weight excluding hydrogens is 438 g/mol. The molecule has 0 saturated carbocycles. The van der Waals surface area contributed by atoms with Crippen LogP contribution in [0, 0.1) is 13.8 Å². The van der Waals surface area contributed by atoms with E-state index in [9.17, 15) is 4.79 Å². The van der Waals surface area contributed by atoms with Crippen LogP contribution in [0.15, 0.2) is 48.8 Å². The summed E-state index contributed by atoms with van der Waals surface area (Å²) in [5.74, 6) is 0.459. The Balaban J connectivity index is 2.03. The Morgan fingerprint density at radius 1 is 1.09 bits per heavy atom. The number of hydrogen-bond acceptors (Lipinski definition) is 5. The summed E-state index contributed by atoms with van der Waals surface area (Å²) in [6.45, 7) is 15.0. The van der Waals surface area contributed by atoms with E-state index in [1.807, 2.05) is 6.92 Å². The third-order valence-electron chi connectivity index (χ3n) is 5.88. The first kappa shape index (κ1) is 26.1. The van der Waals surface area contributed by atoms with Gasteiger partial charge in [-0.25, -0.2) is 9.48 Å². The number of benzene rings is 2. The highest BCUT2D eigenvalue weighted by atomic mass is 16.5. The number of rotatable bonds is 8. The quantitative estimate of drug-likeness (QED) is 0.362. The van der Waals surface area contributed by atoms with Crippen LogP contribution in [-0.4, -0.2) is 29.5 Å². The summed E-state index contributed by atoms with van der Waals surface area (Å²) >= 11 is 0. The summed E-state index contributed by atoms with van der Waals surface area (Å²) in [4.78, 5) is 12.1. The Kier molecular flexibility index (Phi) is 8.05. The summed E-state index contributed by atoms with van der Waals surface area (Å²) in [5, 5.41) is 8.05. The number of nitrogens with zero attached hydrogens (tertiary/aromatic N) is 2. The van der Waals surface area contributed by atoms with E-state index in [0.717, 1.165) is 45.9 Å². The second-order valence-electron chi connectivity index (χ2n) is 9.67. The molecular formula is C29H37N3O3. The summed E-state index contributed by atoms with van der Waals surface area (Å²) in [5.41, 5.74) is 7.64. The molecule has 0 radical (unpaired) electrons. The van der Waals surface area contributed by atoms with Gasteiger partial charge in [0.15, 0.2) is 0 Å². The summed E-state index contributed by atoms with van der Waals surface area (Å²) in [6.07, 6.45) is 6.28. The molecule has 1 heterocycles. The molecule has 0 fully saturated rings. The minimum absolute atomic E-state index is 0.00977. The van der Waals surface area contributed by atoms with Crippen molar-refractivity contribution in [3.05, 3.63) is 76.6 Å². The first-order valence-corrected chi connectivity index (χ1v) is 12.1. The molecule has 186 valence electrons. The second-order valence-corrected chi connectivity index (χ2v) is 9.67. The first-order valence-electron chi connectivity index (χ1n) is 12.1. The van der Waals surface area contributed by atoms with Crippen LogP contribution in [0.5, 0.6) is 5.75 Å². The molecule has 6 heteroatoms. The van der Waals surface area contributed by atoms with Crippen LogP contribution in [-0.2, 0) is 10.2 Å². The van der Waals surface area contributed by atoms with Crippen LogP contribution in [0.25, 0.3) is 11.4 Å². The molecule has 1 N–H and O–H groups in total. The number of ether oxygens (including phenoxy) is 2. The molecule has 0 spiro atoms. The number of anilines is 1. The Hall–Kier alpha value is -3.54. The molecule has 0 bridgehead atoms. The number of aryl methyl sites for hydroxylation is 2. The van der Waals surface area contributed by atoms with Crippen LogP contribution in [0.4, 0.5) is 5.69 Å². The third kappa shape index (κ3) is 5.94. The predicted octanol–water partition coefficient (Wildman–Crippen LogP) is 6.83. The monoisotopic (exact) mass is 475 g/mol. The number of carbonyl (C=O) groups is 1. The number of hydrogen-bond donors (Lipinski definition) is 1. The van der Waals surface area contributed by atoms with Gasteiger partial charge in [0.2, 0.25) is 0 Å². The minimum Gasteiger partial charge on any atom is -0.494 e. The van der Waals surface area contributed by atoms with E-state index in [4.69, 9.17) is 9.47 Å². The van der Waals surface area contributed by atoms with Crippen LogP contribution in [0.1, 0.15) is 73.7 Å². The average molecular weight is 476 g/mol. The number of aromatic nitrogens is 2. The van der Waals surface area contributed by atoms with Crippen molar-refractivity contribution in [1.29, 1.82) is 0 Å². The van der Waals surface area contributed by atoms with Gasteiger partial charge in [-0.05, 0) is 67.0 Å². The largest absolute Gasteiger partial charge is 0.494 e. The highest BCUT2D eigenvalue weighted by Crippen LogP contribution is 2.37. The van der Waals surface area contributed by atoms with Gasteiger partial charge in [0, 0.05) is 11.9 Å². The Morgan fingerprint density at radius 3 is 2.46 bits per heavy atom. The van der Waals surface area contributed by atoms with E-state index in [2.05, 4.69) is 81.4 Å². The minimum atomic E-state index is -0.373. The maximum Gasteiger partial charge on any atom is 0.341 e. The van der Waals surface area contributed by atoms with E-state index in [1.54, 1.807) is 24.9 Å². The molecule has 35 heavy (non-hydrogen) atoms. The van der Waals surface area contributed by atoms with Gasteiger partial charge >= 0.3 is 5.97 Å². The molecule has 0 aliphatic carbocycles. The maximum absolute atomic E-state index is 12.1. The third-order valence-corrected chi connectivity index (χ3v) is 5.88. The fourth-order valence-electron chi connectivity index (χ4n) is 3.96. The van der Waals surface area contributed by atoms with Gasteiger partial charge < -0.3 is 14.8 Å². The van der Waals surface area contributed by atoms with Crippen molar-refractivity contribution in [1.82, 2.24) is 9.78 Å². The lowest BCUT2D eigenvalue weighted by Gasteiger charge is -2.24. The van der Waals surface area contributed by atoms with Crippen LogP contribution >= 0.6 is 0 Å². The zero-order valence-corrected chi connectivity index (χ0v) is 22.2. The van der Waals surface area contributed by atoms with Crippen molar-refractivity contribution in [2.75, 3.05) is 19.0 Å². The van der Waals surface area contributed by atoms with Gasteiger partial charge in [0.25, 0.3) is 0 Å². The Bertz CT molecular complexity index is 1230. The van der Waals surface area contributed by atoms with E-state index in [1.165, 1.54) is 11.8 Å². The first-order chi connectivity index (χ1) is 16.6. The lowest BCUT2D eigenvalue weighted by Crippen LogP contribution is -2.13. The van der Waals surface area contributed by atoms with E-state index in [-0.39, 0.29) is 11.4 Å². The van der Waals surface area contributed by atoms with Gasteiger partial charge in [0.05, 0.1) is 36.9 Å². The molecule has 1 aromatic heterocycles.